The molecule has 2 amide bonds. The fourth-order valence-electron chi connectivity index (χ4n) is 2.93. The summed E-state index contributed by atoms with van der Waals surface area (Å²) in [6.07, 6.45) is 6.87. The molecular weight excluding hydrogens is 334 g/mol. The SMILES string of the molecule is N#Cc1cccc(C(=O)NNC(=O)c2cc3c(s2)CCCCCC3)c1. The predicted octanol–water partition coefficient (Wildman–Crippen LogP) is 3.35. The molecule has 0 radical (unpaired) electrons. The fraction of sp³-hybridized carbons (Fsp3) is 0.316. The van der Waals surface area contributed by atoms with Gasteiger partial charge in [0.2, 0.25) is 0 Å². The van der Waals surface area contributed by atoms with Crippen LogP contribution in [0.15, 0.2) is 30.3 Å². The number of hydrogen-bond donors (Lipinski definition) is 2. The van der Waals surface area contributed by atoms with Crippen molar-refractivity contribution in [3.8, 4) is 6.07 Å². The number of hydrazine groups is 1. The van der Waals surface area contributed by atoms with Crippen LogP contribution in [0.1, 0.15) is 61.7 Å². The minimum Gasteiger partial charge on any atom is -0.267 e. The molecule has 1 aliphatic carbocycles. The van der Waals surface area contributed by atoms with Gasteiger partial charge in [-0.2, -0.15) is 5.26 Å². The molecule has 0 saturated carbocycles. The standard InChI is InChI=1S/C19H19N3O2S/c20-12-13-6-5-8-15(10-13)18(23)21-22-19(24)17-11-14-7-3-1-2-4-9-16(14)25-17/h5-6,8,10-11H,1-4,7,9H2,(H,21,23)(H,22,24). The zero-order valence-electron chi connectivity index (χ0n) is 13.8. The molecule has 0 spiro atoms. The molecule has 2 aromatic rings. The van der Waals surface area contributed by atoms with Crippen LogP contribution < -0.4 is 10.9 Å². The molecule has 6 heteroatoms. The molecule has 1 heterocycles. The number of fused-ring (bicyclic) bond motifs is 1. The van der Waals surface area contributed by atoms with Crippen molar-refractivity contribution in [1.82, 2.24) is 10.9 Å². The molecule has 2 N–H and O–H groups in total. The van der Waals surface area contributed by atoms with Crippen molar-refractivity contribution >= 4 is 23.2 Å². The molecule has 1 aromatic heterocycles. The summed E-state index contributed by atoms with van der Waals surface area (Å²) in [5, 5.41) is 8.88. The highest BCUT2D eigenvalue weighted by Crippen LogP contribution is 2.28. The van der Waals surface area contributed by atoms with Crippen molar-refractivity contribution in [3.63, 3.8) is 0 Å². The Labute approximate surface area is 150 Å². The first-order valence-corrected chi connectivity index (χ1v) is 9.21. The molecule has 25 heavy (non-hydrogen) atoms. The molecule has 3 rings (SSSR count). The number of aryl methyl sites for hydroxylation is 2. The van der Waals surface area contributed by atoms with Gasteiger partial charge in [0.05, 0.1) is 16.5 Å². The zero-order valence-corrected chi connectivity index (χ0v) is 14.6. The van der Waals surface area contributed by atoms with Gasteiger partial charge in [-0.1, -0.05) is 18.9 Å². The summed E-state index contributed by atoms with van der Waals surface area (Å²) in [6, 6.07) is 10.3. The minimum absolute atomic E-state index is 0.304. The maximum atomic E-state index is 12.3. The lowest BCUT2D eigenvalue weighted by atomic mass is 10.00. The Balaban J connectivity index is 1.63. The van der Waals surface area contributed by atoms with Gasteiger partial charge in [0.15, 0.2) is 0 Å². The highest BCUT2D eigenvalue weighted by Gasteiger charge is 2.16. The number of rotatable bonds is 2. The van der Waals surface area contributed by atoms with E-state index < -0.39 is 5.91 Å². The number of hydrogen-bond acceptors (Lipinski definition) is 4. The predicted molar refractivity (Wildman–Crippen MR) is 96.3 cm³/mol. The third kappa shape index (κ3) is 4.25. The number of nitrogens with zero attached hydrogens (tertiary/aromatic N) is 1. The summed E-state index contributed by atoms with van der Waals surface area (Å²) in [5.74, 6) is -0.748. The normalized spacial score (nSPS) is 13.7. The Bertz CT molecular complexity index is 810. The van der Waals surface area contributed by atoms with Crippen LogP contribution >= 0.6 is 11.3 Å². The van der Waals surface area contributed by atoms with Crippen molar-refractivity contribution in [2.45, 2.75) is 38.5 Å². The van der Waals surface area contributed by atoms with Crippen LogP contribution in [0, 0.1) is 11.3 Å². The van der Waals surface area contributed by atoms with E-state index in [2.05, 4.69) is 10.9 Å². The van der Waals surface area contributed by atoms with Gasteiger partial charge in [0, 0.05) is 10.4 Å². The Kier molecular flexibility index (Phi) is 5.46. The molecule has 0 saturated heterocycles. The summed E-state index contributed by atoms with van der Waals surface area (Å²) >= 11 is 1.51. The molecule has 0 fully saturated rings. The molecular formula is C19H19N3O2S. The third-order valence-corrected chi connectivity index (χ3v) is 5.50. The minimum atomic E-state index is -0.444. The number of nitriles is 1. The number of benzene rings is 1. The van der Waals surface area contributed by atoms with Crippen molar-refractivity contribution in [1.29, 1.82) is 5.26 Å². The number of thiophene rings is 1. The molecule has 0 unspecified atom stereocenters. The molecule has 1 aliphatic rings. The maximum Gasteiger partial charge on any atom is 0.279 e. The summed E-state index contributed by atoms with van der Waals surface area (Å²) in [5.41, 5.74) is 6.87. The number of nitrogens with one attached hydrogen (secondary N) is 2. The lowest BCUT2D eigenvalue weighted by Crippen LogP contribution is -2.41. The summed E-state index contributed by atoms with van der Waals surface area (Å²) in [6.45, 7) is 0. The molecule has 0 atom stereocenters. The van der Waals surface area contributed by atoms with E-state index in [1.54, 1.807) is 18.2 Å². The van der Waals surface area contributed by atoms with Crippen LogP contribution in [-0.4, -0.2) is 11.8 Å². The highest BCUT2D eigenvalue weighted by atomic mass is 32.1. The van der Waals surface area contributed by atoms with Gasteiger partial charge in [-0.25, -0.2) is 0 Å². The lowest BCUT2D eigenvalue weighted by molar-refractivity contribution is 0.0849. The molecule has 0 bridgehead atoms. The van der Waals surface area contributed by atoms with E-state index in [9.17, 15) is 9.59 Å². The summed E-state index contributed by atoms with van der Waals surface area (Å²) < 4.78 is 0. The summed E-state index contributed by atoms with van der Waals surface area (Å²) in [4.78, 5) is 26.3. The van der Waals surface area contributed by atoms with E-state index in [-0.39, 0.29) is 5.91 Å². The number of amides is 2. The van der Waals surface area contributed by atoms with Crippen molar-refractivity contribution in [3.05, 3.63) is 56.8 Å². The molecule has 5 nitrogen and oxygen atoms in total. The van der Waals surface area contributed by atoms with Crippen LogP contribution in [0.2, 0.25) is 0 Å². The van der Waals surface area contributed by atoms with Crippen LogP contribution in [0.3, 0.4) is 0 Å². The van der Waals surface area contributed by atoms with Gasteiger partial charge in [-0.05, 0) is 55.5 Å². The lowest BCUT2D eigenvalue weighted by Gasteiger charge is -2.07. The van der Waals surface area contributed by atoms with Crippen molar-refractivity contribution in [2.24, 2.45) is 0 Å². The Hall–Kier alpha value is -2.65. The Morgan fingerprint density at radius 2 is 1.76 bits per heavy atom. The van der Waals surface area contributed by atoms with Gasteiger partial charge in [0.1, 0.15) is 0 Å². The smallest absolute Gasteiger partial charge is 0.267 e. The van der Waals surface area contributed by atoms with Crippen LogP contribution in [-0.2, 0) is 12.8 Å². The van der Waals surface area contributed by atoms with Gasteiger partial charge in [0.25, 0.3) is 11.8 Å². The van der Waals surface area contributed by atoms with E-state index in [4.69, 9.17) is 5.26 Å². The van der Waals surface area contributed by atoms with Crippen molar-refractivity contribution < 1.29 is 9.59 Å². The summed E-state index contributed by atoms with van der Waals surface area (Å²) in [7, 11) is 0. The second-order valence-electron chi connectivity index (χ2n) is 6.07. The topological polar surface area (TPSA) is 82.0 Å². The average molecular weight is 353 g/mol. The van der Waals surface area contributed by atoms with Crippen LogP contribution in [0.25, 0.3) is 0 Å². The first-order valence-electron chi connectivity index (χ1n) is 8.40. The number of carbonyl (C=O) groups is 2. The van der Waals surface area contributed by atoms with E-state index in [1.165, 1.54) is 47.1 Å². The second kappa shape index (κ2) is 7.95. The average Bonchev–Trinajstić information content (AvgIpc) is 3.01. The maximum absolute atomic E-state index is 12.3. The van der Waals surface area contributed by atoms with Gasteiger partial charge in [-0.15, -0.1) is 11.3 Å². The van der Waals surface area contributed by atoms with Crippen molar-refractivity contribution in [2.75, 3.05) is 0 Å². The highest BCUT2D eigenvalue weighted by molar-refractivity contribution is 7.14. The third-order valence-electron chi connectivity index (χ3n) is 4.26. The Morgan fingerprint density at radius 3 is 2.56 bits per heavy atom. The first kappa shape index (κ1) is 17.2. The quantitative estimate of drug-likeness (QED) is 0.812. The van der Waals surface area contributed by atoms with Gasteiger partial charge >= 0.3 is 0 Å². The molecule has 0 aliphatic heterocycles. The second-order valence-corrected chi connectivity index (χ2v) is 7.21. The number of carbonyl (C=O) groups excluding carboxylic acids is 2. The van der Waals surface area contributed by atoms with E-state index in [0.717, 1.165) is 19.3 Å². The zero-order chi connectivity index (χ0) is 17.6. The van der Waals surface area contributed by atoms with Gasteiger partial charge in [-0.3, -0.25) is 20.4 Å². The van der Waals surface area contributed by atoms with Gasteiger partial charge < -0.3 is 0 Å². The monoisotopic (exact) mass is 353 g/mol. The van der Waals surface area contributed by atoms with E-state index >= 15 is 0 Å². The molecule has 128 valence electrons. The fourth-order valence-corrected chi connectivity index (χ4v) is 4.08. The van der Waals surface area contributed by atoms with Crippen LogP contribution in [0.5, 0.6) is 0 Å². The first-order chi connectivity index (χ1) is 12.2. The van der Waals surface area contributed by atoms with E-state index in [1.807, 2.05) is 12.1 Å². The van der Waals surface area contributed by atoms with Crippen LogP contribution in [0.4, 0.5) is 0 Å². The Morgan fingerprint density at radius 1 is 1.00 bits per heavy atom. The molecule has 1 aromatic carbocycles. The largest absolute Gasteiger partial charge is 0.279 e. The van der Waals surface area contributed by atoms with E-state index in [0.29, 0.717) is 16.0 Å².